The Hall–Kier alpha value is -2.76. The molecular formula is C16H12F3NO2. The second-order valence-electron chi connectivity index (χ2n) is 4.44. The Morgan fingerprint density at radius 1 is 1.05 bits per heavy atom. The number of nitrogens with two attached hydrogens (primary N) is 1. The molecule has 0 atom stereocenters. The molecule has 1 amide bonds. The van der Waals surface area contributed by atoms with E-state index in [2.05, 4.69) is 0 Å². The van der Waals surface area contributed by atoms with Crippen LogP contribution < -0.4 is 10.5 Å². The fourth-order valence-corrected chi connectivity index (χ4v) is 1.73. The SMILES string of the molecule is NC(=O)/C=C\c1cccc(Oc2cccc(C(F)(F)F)c2)c1. The average Bonchev–Trinajstić information content (AvgIpc) is 2.45. The third-order valence-corrected chi connectivity index (χ3v) is 2.70. The van der Waals surface area contributed by atoms with E-state index >= 15 is 0 Å². The van der Waals surface area contributed by atoms with Gasteiger partial charge in [0.2, 0.25) is 5.91 Å². The van der Waals surface area contributed by atoms with Crippen LogP contribution in [0.25, 0.3) is 6.08 Å². The second kappa shape index (κ2) is 6.34. The van der Waals surface area contributed by atoms with Crippen LogP contribution in [-0.2, 0) is 11.0 Å². The number of primary amides is 1. The zero-order chi connectivity index (χ0) is 16.2. The molecule has 2 aromatic carbocycles. The number of halogens is 3. The Kier molecular flexibility index (Phi) is 4.50. The minimum atomic E-state index is -4.43. The predicted octanol–water partition coefficient (Wildman–Crippen LogP) is 4.00. The van der Waals surface area contributed by atoms with Gasteiger partial charge in [0.05, 0.1) is 5.56 Å². The Bertz CT molecular complexity index is 709. The minimum absolute atomic E-state index is 0.0749. The standard InChI is InChI=1S/C16H12F3NO2/c17-16(18,19)12-4-2-6-14(10-12)22-13-5-1-3-11(9-13)7-8-15(20)21/h1-10H,(H2,20,21)/b8-7-. The summed E-state index contributed by atoms with van der Waals surface area (Å²) in [5, 5.41) is 0. The number of benzene rings is 2. The largest absolute Gasteiger partial charge is 0.457 e. The lowest BCUT2D eigenvalue weighted by molar-refractivity contribution is -0.137. The fourth-order valence-electron chi connectivity index (χ4n) is 1.73. The van der Waals surface area contributed by atoms with Crippen LogP contribution in [0.4, 0.5) is 13.2 Å². The molecule has 0 saturated heterocycles. The van der Waals surface area contributed by atoms with Crippen LogP contribution >= 0.6 is 0 Å². The van der Waals surface area contributed by atoms with Gasteiger partial charge in [0.15, 0.2) is 0 Å². The molecule has 22 heavy (non-hydrogen) atoms. The maximum Gasteiger partial charge on any atom is 0.416 e. The van der Waals surface area contributed by atoms with Gasteiger partial charge in [0, 0.05) is 6.08 Å². The van der Waals surface area contributed by atoms with Gasteiger partial charge in [0.1, 0.15) is 11.5 Å². The third kappa shape index (κ3) is 4.37. The van der Waals surface area contributed by atoms with E-state index in [4.69, 9.17) is 10.5 Å². The first-order chi connectivity index (χ1) is 10.3. The van der Waals surface area contributed by atoms with Gasteiger partial charge in [-0.05, 0) is 42.0 Å². The van der Waals surface area contributed by atoms with Crippen LogP contribution in [-0.4, -0.2) is 5.91 Å². The molecule has 2 aromatic rings. The van der Waals surface area contributed by atoms with Crippen LogP contribution in [0.5, 0.6) is 11.5 Å². The molecule has 0 radical (unpaired) electrons. The molecule has 0 aliphatic carbocycles. The number of rotatable bonds is 4. The Balaban J connectivity index is 2.21. The number of amides is 1. The van der Waals surface area contributed by atoms with Gasteiger partial charge < -0.3 is 10.5 Å². The first kappa shape index (κ1) is 15.6. The van der Waals surface area contributed by atoms with Crippen molar-refractivity contribution in [2.45, 2.75) is 6.18 Å². The highest BCUT2D eigenvalue weighted by atomic mass is 19.4. The summed E-state index contributed by atoms with van der Waals surface area (Å²) in [6.07, 6.45) is -1.75. The van der Waals surface area contributed by atoms with Crippen LogP contribution in [0.3, 0.4) is 0 Å². The summed E-state index contributed by atoms with van der Waals surface area (Å²) < 4.78 is 43.3. The predicted molar refractivity (Wildman–Crippen MR) is 76.2 cm³/mol. The molecule has 0 bridgehead atoms. The van der Waals surface area contributed by atoms with Crippen LogP contribution in [0.2, 0.25) is 0 Å². The molecule has 0 unspecified atom stereocenters. The average molecular weight is 307 g/mol. The molecule has 0 heterocycles. The van der Waals surface area contributed by atoms with Crippen molar-refractivity contribution in [1.29, 1.82) is 0 Å². The zero-order valence-electron chi connectivity index (χ0n) is 11.3. The number of carbonyl (C=O) groups excluding carboxylic acids is 1. The lowest BCUT2D eigenvalue weighted by Crippen LogP contribution is -2.05. The summed E-state index contributed by atoms with van der Waals surface area (Å²) in [6.45, 7) is 0. The van der Waals surface area contributed by atoms with Gasteiger partial charge >= 0.3 is 6.18 Å². The van der Waals surface area contributed by atoms with Crippen molar-refractivity contribution >= 4 is 12.0 Å². The van der Waals surface area contributed by atoms with Gasteiger partial charge in [-0.15, -0.1) is 0 Å². The van der Waals surface area contributed by atoms with Gasteiger partial charge in [-0.1, -0.05) is 18.2 Å². The molecule has 2 rings (SSSR count). The number of carbonyl (C=O) groups is 1. The van der Waals surface area contributed by atoms with Crippen molar-refractivity contribution in [3.8, 4) is 11.5 Å². The highest BCUT2D eigenvalue weighted by Gasteiger charge is 2.30. The van der Waals surface area contributed by atoms with E-state index in [1.165, 1.54) is 24.3 Å². The summed E-state index contributed by atoms with van der Waals surface area (Å²) >= 11 is 0. The minimum Gasteiger partial charge on any atom is -0.457 e. The van der Waals surface area contributed by atoms with Crippen molar-refractivity contribution in [2.24, 2.45) is 5.73 Å². The normalized spacial score (nSPS) is 11.6. The highest BCUT2D eigenvalue weighted by Crippen LogP contribution is 2.32. The van der Waals surface area contributed by atoms with E-state index in [1.54, 1.807) is 24.3 Å². The van der Waals surface area contributed by atoms with Gasteiger partial charge in [-0.3, -0.25) is 4.79 Å². The topological polar surface area (TPSA) is 52.3 Å². The van der Waals surface area contributed by atoms with E-state index in [0.29, 0.717) is 11.3 Å². The van der Waals surface area contributed by atoms with Crippen molar-refractivity contribution in [3.63, 3.8) is 0 Å². The van der Waals surface area contributed by atoms with Gasteiger partial charge in [-0.2, -0.15) is 13.2 Å². The molecule has 0 aliphatic rings. The second-order valence-corrected chi connectivity index (χ2v) is 4.44. The van der Waals surface area contributed by atoms with Crippen molar-refractivity contribution in [2.75, 3.05) is 0 Å². The number of alkyl halides is 3. The summed E-state index contributed by atoms with van der Waals surface area (Å²) in [4.78, 5) is 10.7. The van der Waals surface area contributed by atoms with E-state index < -0.39 is 17.6 Å². The van der Waals surface area contributed by atoms with E-state index in [1.807, 2.05) is 0 Å². The van der Waals surface area contributed by atoms with Crippen LogP contribution in [0.1, 0.15) is 11.1 Å². The molecule has 0 saturated carbocycles. The summed E-state index contributed by atoms with van der Waals surface area (Å²) in [5.74, 6) is -0.166. The lowest BCUT2D eigenvalue weighted by Gasteiger charge is -2.10. The van der Waals surface area contributed by atoms with Crippen molar-refractivity contribution in [3.05, 3.63) is 65.7 Å². The van der Waals surface area contributed by atoms with Crippen molar-refractivity contribution < 1.29 is 22.7 Å². The molecule has 3 nitrogen and oxygen atoms in total. The lowest BCUT2D eigenvalue weighted by atomic mass is 10.2. The Morgan fingerprint density at radius 3 is 2.32 bits per heavy atom. The van der Waals surface area contributed by atoms with Crippen LogP contribution in [0.15, 0.2) is 54.6 Å². The third-order valence-electron chi connectivity index (χ3n) is 2.70. The fraction of sp³-hybridized carbons (Fsp3) is 0.0625. The Labute approximate surface area is 124 Å². The first-order valence-corrected chi connectivity index (χ1v) is 6.27. The first-order valence-electron chi connectivity index (χ1n) is 6.27. The maximum atomic E-state index is 12.6. The number of ether oxygens (including phenoxy) is 1. The van der Waals surface area contributed by atoms with E-state index in [0.717, 1.165) is 12.1 Å². The van der Waals surface area contributed by atoms with Crippen LogP contribution in [0, 0.1) is 0 Å². The maximum absolute atomic E-state index is 12.6. The molecular weight excluding hydrogens is 295 g/mol. The molecule has 114 valence electrons. The molecule has 0 fully saturated rings. The van der Waals surface area contributed by atoms with Gasteiger partial charge in [0.25, 0.3) is 0 Å². The summed E-state index contributed by atoms with van der Waals surface area (Å²) in [5.41, 5.74) is 4.86. The molecule has 0 aromatic heterocycles. The van der Waals surface area contributed by atoms with Gasteiger partial charge in [-0.25, -0.2) is 0 Å². The monoisotopic (exact) mass is 307 g/mol. The molecule has 0 aliphatic heterocycles. The molecule has 0 spiro atoms. The number of hydrogen-bond acceptors (Lipinski definition) is 2. The Morgan fingerprint density at radius 2 is 1.68 bits per heavy atom. The molecule has 2 N–H and O–H groups in total. The quantitative estimate of drug-likeness (QED) is 0.868. The number of hydrogen-bond donors (Lipinski definition) is 1. The van der Waals surface area contributed by atoms with Crippen molar-refractivity contribution in [1.82, 2.24) is 0 Å². The summed E-state index contributed by atoms with van der Waals surface area (Å²) in [7, 11) is 0. The smallest absolute Gasteiger partial charge is 0.416 e. The van der Waals surface area contributed by atoms with E-state index in [-0.39, 0.29) is 5.75 Å². The van der Waals surface area contributed by atoms with E-state index in [9.17, 15) is 18.0 Å². The molecule has 6 heteroatoms. The highest BCUT2D eigenvalue weighted by molar-refractivity contribution is 5.90. The summed E-state index contributed by atoms with van der Waals surface area (Å²) in [6, 6.07) is 11.1. The zero-order valence-corrected chi connectivity index (χ0v) is 11.3.